The first-order valence-corrected chi connectivity index (χ1v) is 8.84. The molecule has 2 aromatic rings. The lowest BCUT2D eigenvalue weighted by molar-refractivity contribution is 0.238. The molecule has 0 radical (unpaired) electrons. The first-order valence-electron chi connectivity index (χ1n) is 8.05. The Morgan fingerprint density at radius 1 is 1.17 bits per heavy atom. The van der Waals surface area contributed by atoms with Crippen molar-refractivity contribution in [2.45, 2.75) is 32.5 Å². The van der Waals surface area contributed by atoms with Crippen LogP contribution in [0.3, 0.4) is 0 Å². The Morgan fingerprint density at radius 3 is 2.54 bits per heavy atom. The maximum Gasteiger partial charge on any atom is 0.175 e. The summed E-state index contributed by atoms with van der Waals surface area (Å²) in [4.78, 5) is 0. The Hall–Kier alpha value is -1.56. The van der Waals surface area contributed by atoms with E-state index in [1.54, 1.807) is 7.11 Å². The third-order valence-corrected chi connectivity index (χ3v) is 4.41. The summed E-state index contributed by atoms with van der Waals surface area (Å²) in [5.41, 5.74) is 2.17. The third-order valence-electron chi connectivity index (χ3n) is 3.82. The van der Waals surface area contributed by atoms with E-state index in [-0.39, 0.29) is 12.6 Å². The van der Waals surface area contributed by atoms with Gasteiger partial charge in [-0.15, -0.1) is 0 Å². The lowest BCUT2D eigenvalue weighted by Gasteiger charge is -2.17. The summed E-state index contributed by atoms with van der Waals surface area (Å²) < 4.78 is 12.3. The molecule has 0 saturated heterocycles. The van der Waals surface area contributed by atoms with Crippen molar-refractivity contribution in [3.63, 3.8) is 0 Å². The molecule has 0 aliphatic rings. The molecule has 0 saturated carbocycles. The van der Waals surface area contributed by atoms with Crippen molar-refractivity contribution in [3.8, 4) is 11.5 Å². The lowest BCUT2D eigenvalue weighted by atomic mass is 10.1. The minimum absolute atomic E-state index is 0.101. The number of hydrogen-bond donors (Lipinski definition) is 2. The molecule has 2 rings (SSSR count). The molecule has 130 valence electrons. The standard InChI is InChI=1S/C19H24BrNO3/c1-3-16(12-22)21-11-15-9-17(20)19(18(10-15)23-2)24-13-14-7-5-4-6-8-14/h4-10,16,21-22H,3,11-13H2,1-2H3. The summed E-state index contributed by atoms with van der Waals surface area (Å²) in [6.45, 7) is 3.32. The van der Waals surface area contributed by atoms with E-state index in [0.717, 1.165) is 22.0 Å². The quantitative estimate of drug-likeness (QED) is 0.678. The highest BCUT2D eigenvalue weighted by atomic mass is 79.9. The second-order valence-corrected chi connectivity index (χ2v) is 6.41. The molecule has 0 fully saturated rings. The lowest BCUT2D eigenvalue weighted by Crippen LogP contribution is -2.31. The topological polar surface area (TPSA) is 50.7 Å². The maximum atomic E-state index is 9.27. The van der Waals surface area contributed by atoms with Crippen molar-refractivity contribution in [2.24, 2.45) is 0 Å². The zero-order chi connectivity index (χ0) is 17.4. The van der Waals surface area contributed by atoms with E-state index in [0.29, 0.717) is 24.7 Å². The number of benzene rings is 2. The SMILES string of the molecule is CCC(CO)NCc1cc(Br)c(OCc2ccccc2)c(OC)c1. The Morgan fingerprint density at radius 2 is 1.92 bits per heavy atom. The second kappa shape index (κ2) is 9.67. The Bertz CT molecular complexity index is 630. The molecule has 4 nitrogen and oxygen atoms in total. The number of aliphatic hydroxyl groups is 1. The van der Waals surface area contributed by atoms with Gasteiger partial charge in [-0.2, -0.15) is 0 Å². The van der Waals surface area contributed by atoms with Crippen LogP contribution in [0.1, 0.15) is 24.5 Å². The maximum absolute atomic E-state index is 9.27. The Labute approximate surface area is 151 Å². The van der Waals surface area contributed by atoms with Crippen LogP contribution in [-0.2, 0) is 13.2 Å². The minimum Gasteiger partial charge on any atom is -0.493 e. The molecule has 2 aromatic carbocycles. The fourth-order valence-corrected chi connectivity index (χ4v) is 2.95. The van der Waals surface area contributed by atoms with E-state index >= 15 is 0 Å². The zero-order valence-electron chi connectivity index (χ0n) is 14.1. The Kier molecular flexibility index (Phi) is 7.56. The van der Waals surface area contributed by atoms with Crippen LogP contribution in [0.25, 0.3) is 0 Å². The van der Waals surface area contributed by atoms with Crippen molar-refractivity contribution in [1.29, 1.82) is 0 Å². The van der Waals surface area contributed by atoms with Crippen LogP contribution >= 0.6 is 15.9 Å². The van der Waals surface area contributed by atoms with Crippen molar-refractivity contribution >= 4 is 15.9 Å². The summed E-state index contributed by atoms with van der Waals surface area (Å²) >= 11 is 3.57. The van der Waals surface area contributed by atoms with E-state index < -0.39 is 0 Å². The summed E-state index contributed by atoms with van der Waals surface area (Å²) in [5.74, 6) is 1.38. The fraction of sp³-hybridized carbons (Fsp3) is 0.368. The van der Waals surface area contributed by atoms with Crippen LogP contribution in [0.15, 0.2) is 46.9 Å². The molecule has 0 bridgehead atoms. The van der Waals surface area contributed by atoms with Gasteiger partial charge in [0.15, 0.2) is 11.5 Å². The molecule has 0 amide bonds. The fourth-order valence-electron chi connectivity index (χ4n) is 2.35. The molecule has 0 aromatic heterocycles. The van der Waals surface area contributed by atoms with E-state index in [1.165, 1.54) is 0 Å². The highest BCUT2D eigenvalue weighted by Crippen LogP contribution is 2.37. The van der Waals surface area contributed by atoms with Gasteiger partial charge >= 0.3 is 0 Å². The van der Waals surface area contributed by atoms with Gasteiger partial charge in [-0.25, -0.2) is 0 Å². The number of rotatable bonds is 9. The largest absolute Gasteiger partial charge is 0.493 e. The molecule has 1 unspecified atom stereocenters. The summed E-state index contributed by atoms with van der Waals surface area (Å²) in [6.07, 6.45) is 0.882. The molecular weight excluding hydrogens is 370 g/mol. The smallest absolute Gasteiger partial charge is 0.175 e. The number of ether oxygens (including phenoxy) is 2. The van der Waals surface area contributed by atoms with Gasteiger partial charge in [-0.1, -0.05) is 37.3 Å². The van der Waals surface area contributed by atoms with Crippen LogP contribution in [0, 0.1) is 0 Å². The third kappa shape index (κ3) is 5.23. The van der Waals surface area contributed by atoms with Gasteiger partial charge in [-0.3, -0.25) is 0 Å². The van der Waals surface area contributed by atoms with Crippen LogP contribution < -0.4 is 14.8 Å². The summed E-state index contributed by atoms with van der Waals surface area (Å²) in [5, 5.41) is 12.6. The van der Waals surface area contributed by atoms with Gasteiger partial charge in [0.05, 0.1) is 18.2 Å². The first-order chi connectivity index (χ1) is 11.7. The predicted octanol–water partition coefficient (Wildman–Crippen LogP) is 3.90. The van der Waals surface area contributed by atoms with Gasteiger partial charge in [0, 0.05) is 12.6 Å². The molecule has 2 N–H and O–H groups in total. The van der Waals surface area contributed by atoms with E-state index in [2.05, 4.69) is 21.2 Å². The van der Waals surface area contributed by atoms with Gasteiger partial charge in [-0.05, 0) is 45.6 Å². The van der Waals surface area contributed by atoms with Gasteiger partial charge < -0.3 is 19.9 Å². The van der Waals surface area contributed by atoms with Crippen LogP contribution in [0.5, 0.6) is 11.5 Å². The molecule has 24 heavy (non-hydrogen) atoms. The van der Waals surface area contributed by atoms with E-state index in [4.69, 9.17) is 9.47 Å². The molecule has 0 aliphatic carbocycles. The molecule has 5 heteroatoms. The molecule has 0 heterocycles. The van der Waals surface area contributed by atoms with Gasteiger partial charge in [0.2, 0.25) is 0 Å². The number of methoxy groups -OCH3 is 1. The molecular formula is C19H24BrNO3. The average Bonchev–Trinajstić information content (AvgIpc) is 2.62. The van der Waals surface area contributed by atoms with E-state index in [1.807, 2.05) is 49.4 Å². The zero-order valence-corrected chi connectivity index (χ0v) is 15.7. The van der Waals surface area contributed by atoms with Crippen LogP contribution in [-0.4, -0.2) is 24.9 Å². The van der Waals surface area contributed by atoms with Crippen molar-refractivity contribution in [2.75, 3.05) is 13.7 Å². The minimum atomic E-state index is 0.101. The van der Waals surface area contributed by atoms with Crippen molar-refractivity contribution < 1.29 is 14.6 Å². The molecule has 0 aliphatic heterocycles. The number of aliphatic hydroxyl groups excluding tert-OH is 1. The highest BCUT2D eigenvalue weighted by Gasteiger charge is 2.13. The van der Waals surface area contributed by atoms with E-state index in [9.17, 15) is 5.11 Å². The first kappa shape index (κ1) is 18.8. The van der Waals surface area contributed by atoms with Crippen molar-refractivity contribution in [3.05, 3.63) is 58.1 Å². The highest BCUT2D eigenvalue weighted by molar-refractivity contribution is 9.10. The number of nitrogens with one attached hydrogen (secondary N) is 1. The van der Waals surface area contributed by atoms with Gasteiger partial charge in [0.1, 0.15) is 6.61 Å². The molecule has 0 spiro atoms. The monoisotopic (exact) mass is 393 g/mol. The number of hydrogen-bond acceptors (Lipinski definition) is 4. The number of halogens is 1. The predicted molar refractivity (Wildman–Crippen MR) is 99.5 cm³/mol. The molecule has 1 atom stereocenters. The second-order valence-electron chi connectivity index (χ2n) is 5.55. The average molecular weight is 394 g/mol. The van der Waals surface area contributed by atoms with Gasteiger partial charge in [0.25, 0.3) is 0 Å². The van der Waals surface area contributed by atoms with Crippen LogP contribution in [0.4, 0.5) is 0 Å². The summed E-state index contributed by atoms with van der Waals surface area (Å²) in [7, 11) is 1.64. The van der Waals surface area contributed by atoms with Crippen molar-refractivity contribution in [1.82, 2.24) is 5.32 Å². The summed E-state index contributed by atoms with van der Waals surface area (Å²) in [6, 6.07) is 14.1. The normalized spacial score (nSPS) is 12.0. The van der Waals surface area contributed by atoms with Crippen LogP contribution in [0.2, 0.25) is 0 Å². The Balaban J connectivity index is 2.09.